The number of ether oxygens (including phenoxy) is 2. The van der Waals surface area contributed by atoms with Gasteiger partial charge in [0.15, 0.2) is 0 Å². The summed E-state index contributed by atoms with van der Waals surface area (Å²) >= 11 is 0. The van der Waals surface area contributed by atoms with Crippen molar-refractivity contribution < 1.29 is 38.2 Å². The van der Waals surface area contributed by atoms with E-state index in [4.69, 9.17) is 9.47 Å². The molecule has 56 heavy (non-hydrogen) atoms. The fraction of sp³-hybridized carbons (Fsp3) is 0.318. The van der Waals surface area contributed by atoms with Crippen LogP contribution in [0.3, 0.4) is 0 Å². The van der Waals surface area contributed by atoms with Crippen LogP contribution < -0.4 is 29.5 Å². The van der Waals surface area contributed by atoms with Crippen molar-refractivity contribution in [1.29, 1.82) is 0 Å². The topological polar surface area (TPSA) is 134 Å². The highest BCUT2D eigenvalue weighted by Gasteiger charge is 2.47. The molecule has 4 amide bonds. The molecule has 12 nitrogen and oxygen atoms in total. The first-order valence-corrected chi connectivity index (χ1v) is 19.3. The molecular formula is C44H46N4O8. The lowest BCUT2D eigenvalue weighted by Crippen LogP contribution is -2.41. The molecule has 6 rings (SSSR count). The summed E-state index contributed by atoms with van der Waals surface area (Å²) in [5.74, 6) is -3.04. The Bertz CT molecular complexity index is 1870. The highest BCUT2D eigenvalue weighted by atomic mass is 16.5. The van der Waals surface area contributed by atoms with Crippen molar-refractivity contribution in [3.8, 4) is 11.5 Å². The van der Waals surface area contributed by atoms with Crippen LogP contribution in [0.25, 0.3) is 0 Å². The first-order valence-electron chi connectivity index (χ1n) is 19.3. The van der Waals surface area contributed by atoms with Crippen LogP contribution in [0.2, 0.25) is 0 Å². The van der Waals surface area contributed by atoms with Gasteiger partial charge in [-0.3, -0.25) is 28.8 Å². The van der Waals surface area contributed by atoms with E-state index in [1.165, 1.54) is 20.0 Å². The molecule has 12 heteroatoms. The van der Waals surface area contributed by atoms with E-state index in [1.807, 2.05) is 50.2 Å². The SMILES string of the molecule is CCCCC1C(=O)N(c2ccccc2)N(c2ccc(OC(=O)CCCCC(=O)Oc3ccc(N4C(=O)C(CCCC)C(=O)N4c4ccccc4)cc3)cc2)C1=O. The Hall–Kier alpha value is -6.30. The number of carbonyl (C=O) groups excluding carboxylic acids is 6. The summed E-state index contributed by atoms with van der Waals surface area (Å²) in [4.78, 5) is 78.9. The third-order valence-corrected chi connectivity index (χ3v) is 9.76. The van der Waals surface area contributed by atoms with E-state index in [-0.39, 0.29) is 48.0 Å². The molecular weight excluding hydrogens is 713 g/mol. The van der Waals surface area contributed by atoms with Crippen LogP contribution in [-0.2, 0) is 28.8 Å². The van der Waals surface area contributed by atoms with Crippen LogP contribution in [0.1, 0.15) is 78.1 Å². The van der Waals surface area contributed by atoms with Gasteiger partial charge in [0.25, 0.3) is 23.6 Å². The molecule has 2 aliphatic heterocycles. The minimum atomic E-state index is -0.764. The molecule has 0 spiro atoms. The number of hydrogen-bond acceptors (Lipinski definition) is 8. The van der Waals surface area contributed by atoms with Crippen LogP contribution in [0.15, 0.2) is 109 Å². The summed E-state index contributed by atoms with van der Waals surface area (Å²) in [6, 6.07) is 30.9. The first-order chi connectivity index (χ1) is 27.2. The van der Waals surface area contributed by atoms with Crippen LogP contribution in [0, 0.1) is 11.8 Å². The van der Waals surface area contributed by atoms with Gasteiger partial charge < -0.3 is 9.47 Å². The third-order valence-electron chi connectivity index (χ3n) is 9.76. The zero-order chi connectivity index (χ0) is 39.6. The molecule has 2 saturated heterocycles. The quantitative estimate of drug-likeness (QED) is 0.0459. The van der Waals surface area contributed by atoms with Crippen LogP contribution in [0.4, 0.5) is 22.7 Å². The number of hydrogen-bond donors (Lipinski definition) is 0. The van der Waals surface area contributed by atoms with E-state index in [2.05, 4.69) is 0 Å². The Kier molecular flexibility index (Phi) is 12.9. The number of anilines is 4. The number of nitrogens with zero attached hydrogens (tertiary/aromatic N) is 4. The lowest BCUT2D eigenvalue weighted by atomic mass is 10.0. The van der Waals surface area contributed by atoms with Gasteiger partial charge in [-0.05, 0) is 98.5 Å². The number of benzene rings is 4. The maximum atomic E-state index is 13.5. The Morgan fingerprint density at radius 1 is 0.446 bits per heavy atom. The molecule has 0 saturated carbocycles. The highest BCUT2D eigenvalue weighted by Crippen LogP contribution is 2.36. The molecule has 0 radical (unpaired) electrons. The standard InChI is InChI=1S/C44H46N4O8/c1-3-5-19-37-41(51)45(31-15-9-7-10-16-31)47(43(37)53)33-23-27-35(28-24-33)55-39(49)21-13-14-22-40(50)56-36-29-25-34(26-30-36)48-44(54)38(20-6-4-2)42(52)46(48)32-17-11-8-12-18-32/h7-12,15-18,23-30,37-38H,3-6,13-14,19-22H2,1-2H3. The fourth-order valence-corrected chi connectivity index (χ4v) is 6.83. The number of esters is 2. The van der Waals surface area contributed by atoms with Crippen molar-refractivity contribution in [2.45, 2.75) is 78.1 Å². The average Bonchev–Trinajstić information content (AvgIpc) is 3.61. The van der Waals surface area contributed by atoms with Crippen molar-refractivity contribution >= 4 is 58.3 Å². The molecule has 2 heterocycles. The maximum Gasteiger partial charge on any atom is 0.311 e. The number of unbranched alkanes of at least 4 members (excludes halogenated alkanes) is 3. The normalized spacial score (nSPS) is 16.9. The van der Waals surface area contributed by atoms with E-state index in [0.717, 1.165) is 25.7 Å². The summed E-state index contributed by atoms with van der Waals surface area (Å²) in [5, 5.41) is 5.59. The van der Waals surface area contributed by atoms with Gasteiger partial charge in [0.05, 0.1) is 22.7 Å². The van der Waals surface area contributed by atoms with Crippen LogP contribution in [0.5, 0.6) is 11.5 Å². The van der Waals surface area contributed by atoms with Crippen molar-refractivity contribution in [3.05, 3.63) is 109 Å². The summed E-state index contributed by atoms with van der Waals surface area (Å²) in [6.45, 7) is 4.03. The molecule has 2 aliphatic rings. The Morgan fingerprint density at radius 2 is 0.750 bits per heavy atom. The summed E-state index contributed by atoms with van der Waals surface area (Å²) < 4.78 is 11.0. The van der Waals surface area contributed by atoms with E-state index in [0.29, 0.717) is 48.4 Å². The molecule has 0 aromatic heterocycles. The molecule has 2 fully saturated rings. The molecule has 2 atom stereocenters. The molecule has 4 aromatic rings. The van der Waals surface area contributed by atoms with E-state index < -0.39 is 23.8 Å². The second-order valence-electron chi connectivity index (χ2n) is 13.8. The van der Waals surface area contributed by atoms with Gasteiger partial charge >= 0.3 is 11.9 Å². The third kappa shape index (κ3) is 8.80. The van der Waals surface area contributed by atoms with Crippen molar-refractivity contribution in [3.63, 3.8) is 0 Å². The molecule has 0 aliphatic carbocycles. The summed E-state index contributed by atoms with van der Waals surface area (Å²) in [7, 11) is 0. The van der Waals surface area contributed by atoms with Gasteiger partial charge in [0, 0.05) is 12.8 Å². The number of rotatable bonds is 17. The minimum absolute atomic E-state index is 0.0729. The largest absolute Gasteiger partial charge is 0.427 e. The number of carbonyl (C=O) groups is 6. The second-order valence-corrected chi connectivity index (χ2v) is 13.8. The second kappa shape index (κ2) is 18.4. The zero-order valence-corrected chi connectivity index (χ0v) is 31.7. The number of hydrazine groups is 2. The lowest BCUT2D eigenvalue weighted by Gasteiger charge is -2.27. The fourth-order valence-electron chi connectivity index (χ4n) is 6.83. The zero-order valence-electron chi connectivity index (χ0n) is 31.7. The predicted octanol–water partition coefficient (Wildman–Crippen LogP) is 7.96. The minimum Gasteiger partial charge on any atom is -0.427 e. The van der Waals surface area contributed by atoms with E-state index in [1.54, 1.807) is 72.8 Å². The molecule has 0 N–H and O–H groups in total. The van der Waals surface area contributed by atoms with Crippen LogP contribution >= 0.6 is 0 Å². The predicted molar refractivity (Wildman–Crippen MR) is 211 cm³/mol. The van der Waals surface area contributed by atoms with E-state index >= 15 is 0 Å². The Balaban J connectivity index is 0.984. The molecule has 0 bridgehead atoms. The maximum absolute atomic E-state index is 13.5. The van der Waals surface area contributed by atoms with Gasteiger partial charge in [0.1, 0.15) is 23.3 Å². The van der Waals surface area contributed by atoms with Gasteiger partial charge in [-0.15, -0.1) is 0 Å². The van der Waals surface area contributed by atoms with Crippen molar-refractivity contribution in [1.82, 2.24) is 0 Å². The van der Waals surface area contributed by atoms with Gasteiger partial charge in [0.2, 0.25) is 0 Å². The monoisotopic (exact) mass is 758 g/mol. The van der Waals surface area contributed by atoms with Crippen molar-refractivity contribution in [2.75, 3.05) is 20.0 Å². The molecule has 4 aromatic carbocycles. The molecule has 290 valence electrons. The first kappa shape index (κ1) is 39.4. The summed E-state index contributed by atoms with van der Waals surface area (Å²) in [6.07, 6.45) is 5.10. The van der Waals surface area contributed by atoms with Gasteiger partial charge in [-0.25, -0.2) is 20.0 Å². The van der Waals surface area contributed by atoms with Gasteiger partial charge in [-0.2, -0.15) is 0 Å². The number of para-hydroxylation sites is 2. The Morgan fingerprint density at radius 3 is 1.05 bits per heavy atom. The van der Waals surface area contributed by atoms with Gasteiger partial charge in [-0.1, -0.05) is 75.9 Å². The summed E-state index contributed by atoms with van der Waals surface area (Å²) in [5.41, 5.74) is 2.12. The van der Waals surface area contributed by atoms with Crippen LogP contribution in [-0.4, -0.2) is 35.6 Å². The van der Waals surface area contributed by atoms with Crippen molar-refractivity contribution in [2.24, 2.45) is 11.8 Å². The average molecular weight is 759 g/mol. The molecule has 2 unspecified atom stereocenters. The lowest BCUT2D eigenvalue weighted by molar-refractivity contribution is -0.136. The highest BCUT2D eigenvalue weighted by molar-refractivity contribution is 6.23. The number of amides is 4. The van der Waals surface area contributed by atoms with E-state index in [9.17, 15) is 28.8 Å². The Labute approximate surface area is 326 Å². The smallest absolute Gasteiger partial charge is 0.311 e.